The molecule has 0 aliphatic heterocycles. The number of ether oxygens (including phenoxy) is 1. The van der Waals surface area contributed by atoms with Crippen LogP contribution in [0.15, 0.2) is 24.3 Å². The highest BCUT2D eigenvalue weighted by atomic mass is 16.5. The Hall–Kier alpha value is -1.38. The average molecular weight is 349 g/mol. The van der Waals surface area contributed by atoms with Gasteiger partial charge in [0.2, 0.25) is 0 Å². The lowest BCUT2D eigenvalue weighted by Crippen LogP contribution is -2.10. The van der Waals surface area contributed by atoms with E-state index in [1.165, 1.54) is 20.0 Å². The zero-order valence-corrected chi connectivity index (χ0v) is 16.3. The molecule has 1 aliphatic carbocycles. The second-order valence-electron chi connectivity index (χ2n) is 7.35. The van der Waals surface area contributed by atoms with E-state index in [-0.39, 0.29) is 11.8 Å². The van der Waals surface area contributed by atoms with Crippen LogP contribution in [-0.4, -0.2) is 18.9 Å². The summed E-state index contributed by atoms with van der Waals surface area (Å²) in [5, 5.41) is 0. The van der Waals surface area contributed by atoms with Gasteiger partial charge >= 0.3 is 5.97 Å². The Bertz CT molecular complexity index is 450. The van der Waals surface area contributed by atoms with Gasteiger partial charge in [-0.15, -0.1) is 0 Å². The van der Waals surface area contributed by atoms with Crippen LogP contribution in [0.1, 0.15) is 78.1 Å². The smallest absolute Gasteiger partial charge is 0.305 e. The molecule has 0 saturated heterocycles. The van der Waals surface area contributed by atoms with Crippen molar-refractivity contribution < 1.29 is 14.3 Å². The van der Waals surface area contributed by atoms with E-state index in [1.54, 1.807) is 0 Å². The fourth-order valence-electron chi connectivity index (χ4n) is 3.65. The molecule has 0 unspecified atom stereocenters. The van der Waals surface area contributed by atoms with Gasteiger partial charge in [0.25, 0.3) is 0 Å². The van der Waals surface area contributed by atoms with Crippen molar-refractivity contribution >= 4 is 11.8 Å². The van der Waals surface area contributed by atoms with Gasteiger partial charge in [0.1, 0.15) is 0 Å². The van der Waals surface area contributed by atoms with E-state index in [2.05, 4.69) is 36.8 Å². The van der Waals surface area contributed by atoms with Crippen molar-refractivity contribution in [3.8, 4) is 0 Å². The minimum Gasteiger partial charge on any atom is -0.469 e. The van der Waals surface area contributed by atoms with Crippen LogP contribution in [0.2, 0.25) is 0 Å². The van der Waals surface area contributed by atoms with Crippen molar-refractivity contribution in [2.75, 3.05) is 7.11 Å². The van der Waals surface area contributed by atoms with Crippen molar-refractivity contribution in [1.29, 1.82) is 0 Å². The molecule has 3 heteroatoms. The van der Waals surface area contributed by atoms with Gasteiger partial charge in [-0.25, -0.2) is 0 Å². The second kappa shape index (κ2) is 12.9. The summed E-state index contributed by atoms with van der Waals surface area (Å²) in [5.74, 6) is 1.98. The van der Waals surface area contributed by atoms with Gasteiger partial charge in [-0.1, -0.05) is 44.9 Å². The van der Waals surface area contributed by atoms with Gasteiger partial charge in [0, 0.05) is 12.8 Å². The summed E-state index contributed by atoms with van der Waals surface area (Å²) in [6, 6.07) is 0. The maximum Gasteiger partial charge on any atom is 0.305 e. The quantitative estimate of drug-likeness (QED) is 0.198. The molecule has 0 amide bonds. The highest BCUT2D eigenvalue weighted by Gasteiger charge is 2.30. The number of carbonyl (C=O) groups is 2. The molecule has 0 spiro atoms. The van der Waals surface area contributed by atoms with Crippen LogP contribution in [0, 0.1) is 17.8 Å². The predicted octanol–water partition coefficient (Wildman–Crippen LogP) is 5.64. The summed E-state index contributed by atoms with van der Waals surface area (Å²) in [6.07, 6.45) is 18.3. The Morgan fingerprint density at radius 1 is 1.08 bits per heavy atom. The van der Waals surface area contributed by atoms with Crippen LogP contribution in [-0.2, 0) is 14.3 Å². The van der Waals surface area contributed by atoms with Gasteiger partial charge in [-0.3, -0.25) is 9.59 Å². The molecule has 0 N–H and O–H groups in total. The predicted molar refractivity (Wildman–Crippen MR) is 103 cm³/mol. The number of hydrogen-bond donors (Lipinski definition) is 0. The van der Waals surface area contributed by atoms with Crippen LogP contribution in [0.25, 0.3) is 0 Å². The first kappa shape index (κ1) is 21.7. The zero-order chi connectivity index (χ0) is 18.5. The van der Waals surface area contributed by atoms with E-state index in [9.17, 15) is 9.59 Å². The minimum atomic E-state index is -0.133. The topological polar surface area (TPSA) is 43.4 Å². The number of esters is 1. The number of ketones is 1. The molecule has 0 aromatic carbocycles. The molecule has 0 bridgehead atoms. The van der Waals surface area contributed by atoms with Gasteiger partial charge in [0.15, 0.2) is 5.78 Å². The molecule has 0 heterocycles. The van der Waals surface area contributed by atoms with E-state index in [0.717, 1.165) is 38.5 Å². The minimum absolute atomic E-state index is 0.133. The molecule has 3 atom stereocenters. The van der Waals surface area contributed by atoms with Crippen LogP contribution in [0.4, 0.5) is 0 Å². The third-order valence-corrected chi connectivity index (χ3v) is 5.31. The number of methoxy groups -OCH3 is 1. The standard InChI is InChI=1S/C22H36O3/c1-4-5-8-12-20(23)16-17-21-18(2)14-15-19(21)11-9-6-7-10-13-22(24)25-3/h6,9,16-19,21H,4-5,7-8,10-15H2,1-3H3/b9-6-,17-16+/t18-,19+,21+/m1/s1. The zero-order valence-electron chi connectivity index (χ0n) is 16.3. The van der Waals surface area contributed by atoms with Crippen molar-refractivity contribution in [3.63, 3.8) is 0 Å². The summed E-state index contributed by atoms with van der Waals surface area (Å²) in [4.78, 5) is 23.0. The molecule has 25 heavy (non-hydrogen) atoms. The van der Waals surface area contributed by atoms with E-state index in [4.69, 9.17) is 0 Å². The van der Waals surface area contributed by atoms with Gasteiger partial charge in [0.05, 0.1) is 7.11 Å². The van der Waals surface area contributed by atoms with E-state index in [1.807, 2.05) is 6.08 Å². The molecule has 0 aromatic rings. The highest BCUT2D eigenvalue weighted by Crippen LogP contribution is 2.40. The third-order valence-electron chi connectivity index (χ3n) is 5.31. The molecule has 142 valence electrons. The van der Waals surface area contributed by atoms with E-state index in [0.29, 0.717) is 30.6 Å². The summed E-state index contributed by atoms with van der Waals surface area (Å²) < 4.78 is 4.64. The first-order chi connectivity index (χ1) is 12.1. The van der Waals surface area contributed by atoms with Crippen molar-refractivity contribution in [1.82, 2.24) is 0 Å². The van der Waals surface area contributed by atoms with Gasteiger partial charge in [-0.2, -0.15) is 0 Å². The fraction of sp³-hybridized carbons (Fsp3) is 0.727. The number of unbranched alkanes of at least 4 members (excludes halogenated alkanes) is 3. The maximum atomic E-state index is 12.0. The lowest BCUT2D eigenvalue weighted by Gasteiger charge is -2.18. The molecule has 1 saturated carbocycles. The van der Waals surface area contributed by atoms with Crippen molar-refractivity contribution in [2.45, 2.75) is 78.1 Å². The summed E-state index contributed by atoms with van der Waals surface area (Å²) in [7, 11) is 1.43. The number of rotatable bonds is 12. The lowest BCUT2D eigenvalue weighted by molar-refractivity contribution is -0.140. The van der Waals surface area contributed by atoms with Crippen LogP contribution < -0.4 is 0 Å². The molecule has 1 aliphatic rings. The largest absolute Gasteiger partial charge is 0.469 e. The van der Waals surface area contributed by atoms with Gasteiger partial charge < -0.3 is 4.74 Å². The van der Waals surface area contributed by atoms with Crippen LogP contribution in [0.3, 0.4) is 0 Å². The molecule has 0 aromatic heterocycles. The monoisotopic (exact) mass is 348 g/mol. The van der Waals surface area contributed by atoms with Crippen molar-refractivity contribution in [2.24, 2.45) is 17.8 Å². The van der Waals surface area contributed by atoms with Crippen molar-refractivity contribution in [3.05, 3.63) is 24.3 Å². The molecule has 1 fully saturated rings. The third kappa shape index (κ3) is 9.04. The second-order valence-corrected chi connectivity index (χ2v) is 7.35. The summed E-state index contributed by atoms with van der Waals surface area (Å²) >= 11 is 0. The van der Waals surface area contributed by atoms with Crippen LogP contribution >= 0.6 is 0 Å². The number of hydrogen-bond acceptors (Lipinski definition) is 3. The first-order valence-corrected chi connectivity index (χ1v) is 10.0. The lowest BCUT2D eigenvalue weighted by atomic mass is 9.87. The Labute approximate surface area is 153 Å². The first-order valence-electron chi connectivity index (χ1n) is 10.0. The SMILES string of the molecule is CCCCCC(=O)/C=C/[C@@H]1[C@@H](C/C=C\CCCC(=O)OC)CC[C@H]1C. The average Bonchev–Trinajstić information content (AvgIpc) is 2.96. The Balaban J connectivity index is 2.35. The van der Waals surface area contributed by atoms with Gasteiger partial charge in [-0.05, 0) is 62.4 Å². The molecular weight excluding hydrogens is 312 g/mol. The Morgan fingerprint density at radius 3 is 2.60 bits per heavy atom. The molecular formula is C22H36O3. The Morgan fingerprint density at radius 2 is 1.88 bits per heavy atom. The van der Waals surface area contributed by atoms with Crippen LogP contribution in [0.5, 0.6) is 0 Å². The molecule has 1 rings (SSSR count). The molecule has 3 nitrogen and oxygen atoms in total. The number of carbonyl (C=O) groups excluding carboxylic acids is 2. The summed E-state index contributed by atoms with van der Waals surface area (Å²) in [5.41, 5.74) is 0. The normalized spacial score (nSPS) is 23.6. The summed E-state index contributed by atoms with van der Waals surface area (Å²) in [6.45, 7) is 4.46. The fourth-order valence-corrected chi connectivity index (χ4v) is 3.65. The highest BCUT2D eigenvalue weighted by molar-refractivity contribution is 5.89. The molecule has 0 radical (unpaired) electrons. The maximum absolute atomic E-state index is 12.0. The number of allylic oxidation sites excluding steroid dienone is 4. The van der Waals surface area contributed by atoms with E-state index < -0.39 is 0 Å². The Kier molecular flexibility index (Phi) is 11.2. The van der Waals surface area contributed by atoms with E-state index >= 15 is 0 Å².